The number of aromatic nitrogens is 2. The van der Waals surface area contributed by atoms with E-state index in [9.17, 15) is 0 Å². The van der Waals surface area contributed by atoms with Gasteiger partial charge in [-0.2, -0.15) is 5.10 Å². The fourth-order valence-corrected chi connectivity index (χ4v) is 2.61. The van der Waals surface area contributed by atoms with E-state index in [1.54, 1.807) is 11.3 Å². The number of nitrogens with two attached hydrogens (primary N) is 1. The lowest BCUT2D eigenvalue weighted by Crippen LogP contribution is -2.11. The van der Waals surface area contributed by atoms with Crippen LogP contribution < -0.4 is 5.73 Å². The number of rotatable bonds is 4. The second kappa shape index (κ2) is 4.80. The minimum absolute atomic E-state index is 0.0933. The Balaban J connectivity index is 1.98. The number of thiophene rings is 1. The van der Waals surface area contributed by atoms with Gasteiger partial charge in [0.1, 0.15) is 0 Å². The normalized spacial score (nSPS) is 12.9. The highest BCUT2D eigenvalue weighted by Gasteiger charge is 2.12. The first-order valence-corrected chi connectivity index (χ1v) is 6.33. The minimum atomic E-state index is 0.0933. The van der Waals surface area contributed by atoms with Gasteiger partial charge in [-0.15, -0.1) is 11.3 Å². The summed E-state index contributed by atoms with van der Waals surface area (Å²) in [5.41, 5.74) is 8.39. The third kappa shape index (κ3) is 2.51. The summed E-state index contributed by atoms with van der Waals surface area (Å²) in [7, 11) is 1.93. The molecular formula is C12H17N3S. The van der Waals surface area contributed by atoms with E-state index in [1.807, 2.05) is 24.9 Å². The zero-order valence-corrected chi connectivity index (χ0v) is 10.5. The van der Waals surface area contributed by atoms with E-state index in [-0.39, 0.29) is 6.04 Å². The molecule has 3 nitrogen and oxygen atoms in total. The first-order chi connectivity index (χ1) is 7.66. The molecule has 0 spiro atoms. The fraction of sp³-hybridized carbons (Fsp3) is 0.417. The van der Waals surface area contributed by atoms with Crippen molar-refractivity contribution < 1.29 is 0 Å². The molecule has 4 heteroatoms. The van der Waals surface area contributed by atoms with Crippen LogP contribution >= 0.6 is 11.3 Å². The van der Waals surface area contributed by atoms with E-state index in [2.05, 4.69) is 22.6 Å². The molecule has 0 bridgehead atoms. The first-order valence-electron chi connectivity index (χ1n) is 5.45. The van der Waals surface area contributed by atoms with Crippen LogP contribution in [-0.4, -0.2) is 9.78 Å². The van der Waals surface area contributed by atoms with Gasteiger partial charge in [-0.1, -0.05) is 6.07 Å². The molecule has 1 unspecified atom stereocenters. The second-order valence-corrected chi connectivity index (χ2v) is 5.10. The molecule has 0 aliphatic heterocycles. The van der Waals surface area contributed by atoms with Crippen molar-refractivity contribution >= 4 is 11.3 Å². The van der Waals surface area contributed by atoms with Crippen LogP contribution in [-0.2, 0) is 13.5 Å². The SMILES string of the molecule is Cc1nn(C)cc1C(N)CCc1cccs1. The average molecular weight is 235 g/mol. The van der Waals surface area contributed by atoms with E-state index in [0.29, 0.717) is 0 Å². The number of nitrogens with zero attached hydrogens (tertiary/aromatic N) is 2. The topological polar surface area (TPSA) is 43.8 Å². The van der Waals surface area contributed by atoms with Crippen LogP contribution in [0.5, 0.6) is 0 Å². The second-order valence-electron chi connectivity index (χ2n) is 4.07. The number of hydrogen-bond acceptors (Lipinski definition) is 3. The van der Waals surface area contributed by atoms with Crippen LogP contribution in [0.15, 0.2) is 23.7 Å². The lowest BCUT2D eigenvalue weighted by molar-refractivity contribution is 0.651. The molecular weight excluding hydrogens is 218 g/mol. The van der Waals surface area contributed by atoms with Crippen LogP contribution in [0.4, 0.5) is 0 Å². The average Bonchev–Trinajstić information content (AvgIpc) is 2.84. The van der Waals surface area contributed by atoms with Crippen molar-refractivity contribution in [3.05, 3.63) is 39.8 Å². The molecule has 1 atom stereocenters. The van der Waals surface area contributed by atoms with Gasteiger partial charge in [0.25, 0.3) is 0 Å². The molecule has 0 aliphatic rings. The van der Waals surface area contributed by atoms with Gasteiger partial charge in [0.15, 0.2) is 0 Å². The van der Waals surface area contributed by atoms with Crippen molar-refractivity contribution in [2.24, 2.45) is 12.8 Å². The Labute approximate surface area is 99.9 Å². The van der Waals surface area contributed by atoms with E-state index in [0.717, 1.165) is 18.5 Å². The standard InChI is InChI=1S/C12H17N3S/c1-9-11(8-15(2)14-9)12(13)6-5-10-4-3-7-16-10/h3-4,7-8,12H,5-6,13H2,1-2H3. The highest BCUT2D eigenvalue weighted by molar-refractivity contribution is 7.09. The lowest BCUT2D eigenvalue weighted by Gasteiger charge is -2.09. The monoisotopic (exact) mass is 235 g/mol. The van der Waals surface area contributed by atoms with Gasteiger partial charge < -0.3 is 5.73 Å². The number of aryl methyl sites for hydroxylation is 3. The summed E-state index contributed by atoms with van der Waals surface area (Å²) in [6, 6.07) is 4.34. The molecule has 0 aliphatic carbocycles. The summed E-state index contributed by atoms with van der Waals surface area (Å²) in [6.07, 6.45) is 4.05. The Kier molecular flexibility index (Phi) is 3.41. The zero-order valence-electron chi connectivity index (χ0n) is 9.68. The molecule has 0 radical (unpaired) electrons. The molecule has 0 amide bonds. The highest BCUT2D eigenvalue weighted by atomic mass is 32.1. The van der Waals surface area contributed by atoms with Gasteiger partial charge in [0.2, 0.25) is 0 Å². The predicted molar refractivity (Wildman–Crippen MR) is 67.5 cm³/mol. The molecule has 86 valence electrons. The summed E-state index contributed by atoms with van der Waals surface area (Å²) < 4.78 is 1.83. The quantitative estimate of drug-likeness (QED) is 0.884. The van der Waals surface area contributed by atoms with Gasteiger partial charge in [0.05, 0.1) is 5.69 Å². The van der Waals surface area contributed by atoms with Crippen molar-refractivity contribution in [2.75, 3.05) is 0 Å². The molecule has 2 aromatic rings. The van der Waals surface area contributed by atoms with E-state index in [4.69, 9.17) is 5.73 Å². The van der Waals surface area contributed by atoms with Crippen LogP contribution in [0.25, 0.3) is 0 Å². The maximum atomic E-state index is 6.18. The molecule has 0 saturated heterocycles. The summed E-state index contributed by atoms with van der Waals surface area (Å²) >= 11 is 1.79. The fourth-order valence-electron chi connectivity index (χ4n) is 1.89. The number of hydrogen-bond donors (Lipinski definition) is 1. The van der Waals surface area contributed by atoms with Gasteiger partial charge in [-0.3, -0.25) is 4.68 Å². The Morgan fingerprint density at radius 2 is 2.38 bits per heavy atom. The summed E-state index contributed by atoms with van der Waals surface area (Å²) in [5.74, 6) is 0. The third-order valence-electron chi connectivity index (χ3n) is 2.73. The third-order valence-corrected chi connectivity index (χ3v) is 3.67. The summed E-state index contributed by atoms with van der Waals surface area (Å²) in [6.45, 7) is 2.01. The molecule has 2 heterocycles. The maximum Gasteiger partial charge on any atom is 0.0641 e. The molecule has 0 aromatic carbocycles. The summed E-state index contributed by atoms with van der Waals surface area (Å²) in [5, 5.41) is 6.42. The smallest absolute Gasteiger partial charge is 0.0641 e. The van der Waals surface area contributed by atoms with Crippen molar-refractivity contribution in [1.29, 1.82) is 0 Å². The van der Waals surface area contributed by atoms with Gasteiger partial charge in [0, 0.05) is 29.7 Å². The Morgan fingerprint density at radius 1 is 1.56 bits per heavy atom. The maximum absolute atomic E-state index is 6.18. The predicted octanol–water partition coefficient (Wildman–Crippen LogP) is 2.42. The van der Waals surface area contributed by atoms with Crippen LogP contribution in [0.1, 0.15) is 28.6 Å². The van der Waals surface area contributed by atoms with Gasteiger partial charge in [-0.05, 0) is 31.2 Å². The molecule has 2 aromatic heterocycles. The van der Waals surface area contributed by atoms with E-state index >= 15 is 0 Å². The van der Waals surface area contributed by atoms with Crippen LogP contribution in [0, 0.1) is 6.92 Å². The van der Waals surface area contributed by atoms with Crippen molar-refractivity contribution in [2.45, 2.75) is 25.8 Å². The molecule has 0 saturated carbocycles. The largest absolute Gasteiger partial charge is 0.324 e. The van der Waals surface area contributed by atoms with Crippen LogP contribution in [0.3, 0.4) is 0 Å². The van der Waals surface area contributed by atoms with Gasteiger partial charge in [-0.25, -0.2) is 0 Å². The molecule has 0 fully saturated rings. The molecule has 16 heavy (non-hydrogen) atoms. The Morgan fingerprint density at radius 3 is 2.94 bits per heavy atom. The molecule has 2 rings (SSSR count). The van der Waals surface area contributed by atoms with Crippen LogP contribution in [0.2, 0.25) is 0 Å². The zero-order chi connectivity index (χ0) is 11.5. The first kappa shape index (κ1) is 11.4. The highest BCUT2D eigenvalue weighted by Crippen LogP contribution is 2.20. The Hall–Kier alpha value is -1.13. The minimum Gasteiger partial charge on any atom is -0.324 e. The van der Waals surface area contributed by atoms with Gasteiger partial charge >= 0.3 is 0 Å². The summed E-state index contributed by atoms with van der Waals surface area (Å²) in [4.78, 5) is 1.40. The van der Waals surface area contributed by atoms with Crippen molar-refractivity contribution in [1.82, 2.24) is 9.78 Å². The van der Waals surface area contributed by atoms with Crippen molar-refractivity contribution in [3.8, 4) is 0 Å². The van der Waals surface area contributed by atoms with E-state index in [1.165, 1.54) is 10.4 Å². The van der Waals surface area contributed by atoms with Crippen molar-refractivity contribution in [3.63, 3.8) is 0 Å². The lowest BCUT2D eigenvalue weighted by atomic mass is 10.0. The Bertz CT molecular complexity index is 445. The molecule has 2 N–H and O–H groups in total. The van der Waals surface area contributed by atoms with E-state index < -0.39 is 0 Å².